The number of aliphatic carboxylic acids is 1. The highest BCUT2D eigenvalue weighted by atomic mass is 19.1. The summed E-state index contributed by atoms with van der Waals surface area (Å²) in [5.41, 5.74) is 4.21. The fraction of sp³-hybridized carbons (Fsp3) is 0.379. The Bertz CT molecular complexity index is 1240. The summed E-state index contributed by atoms with van der Waals surface area (Å²) in [5.74, 6) is 0.0552. The van der Waals surface area contributed by atoms with Gasteiger partial charge in [0.25, 0.3) is 0 Å². The van der Waals surface area contributed by atoms with E-state index in [1.54, 1.807) is 32.4 Å². The number of ether oxygens (including phenoxy) is 2. The van der Waals surface area contributed by atoms with Crippen molar-refractivity contribution in [2.24, 2.45) is 11.8 Å². The molecular formula is C29H30FNO4. The molecule has 1 saturated carbocycles. The number of nitrogens with zero attached hydrogens (tertiary/aromatic N) is 1. The minimum absolute atomic E-state index is 0.0310. The van der Waals surface area contributed by atoms with Gasteiger partial charge in [0.05, 0.1) is 13.0 Å². The SMILES string of the molecule is COc1cc(-c2ccc(C3CCCc4ccc([C@H](C5CC5)[C@H](C)C(=O)O)cc4O3)c(F)c2)ccn1. The number of methoxy groups -OCH3 is 1. The summed E-state index contributed by atoms with van der Waals surface area (Å²) in [6, 6.07) is 15.0. The molecule has 1 aromatic heterocycles. The van der Waals surface area contributed by atoms with Gasteiger partial charge in [-0.15, -0.1) is 0 Å². The van der Waals surface area contributed by atoms with Crippen molar-refractivity contribution in [2.75, 3.05) is 7.11 Å². The third kappa shape index (κ3) is 4.88. The minimum atomic E-state index is -0.774. The molecule has 0 amide bonds. The Balaban J connectivity index is 1.42. The largest absolute Gasteiger partial charge is 0.485 e. The van der Waals surface area contributed by atoms with E-state index < -0.39 is 18.0 Å². The molecule has 0 bridgehead atoms. The van der Waals surface area contributed by atoms with Gasteiger partial charge >= 0.3 is 5.97 Å². The second-order valence-electron chi connectivity index (χ2n) is 9.68. The monoisotopic (exact) mass is 475 g/mol. The van der Waals surface area contributed by atoms with E-state index in [9.17, 15) is 9.90 Å². The number of hydrogen-bond donors (Lipinski definition) is 1. The molecule has 0 saturated heterocycles. The first-order valence-electron chi connectivity index (χ1n) is 12.3. The van der Waals surface area contributed by atoms with Crippen LogP contribution in [0.15, 0.2) is 54.7 Å². The summed E-state index contributed by atoms with van der Waals surface area (Å²) in [7, 11) is 1.55. The molecule has 1 aliphatic heterocycles. The van der Waals surface area contributed by atoms with Crippen molar-refractivity contribution in [2.45, 2.75) is 51.0 Å². The highest BCUT2D eigenvalue weighted by Gasteiger charge is 2.39. The lowest BCUT2D eigenvalue weighted by atomic mass is 9.82. The van der Waals surface area contributed by atoms with E-state index in [1.807, 2.05) is 18.2 Å². The smallest absolute Gasteiger partial charge is 0.306 e. The number of carboxylic acid groups (broad SMARTS) is 1. The first-order valence-corrected chi connectivity index (χ1v) is 12.3. The molecule has 3 atom stereocenters. The predicted octanol–water partition coefficient (Wildman–Crippen LogP) is 6.57. The zero-order valence-corrected chi connectivity index (χ0v) is 20.0. The fourth-order valence-corrected chi connectivity index (χ4v) is 5.25. The van der Waals surface area contributed by atoms with Crippen LogP contribution in [0.25, 0.3) is 11.1 Å². The molecule has 5 nitrogen and oxygen atoms in total. The number of pyridine rings is 1. The molecule has 5 rings (SSSR count). The van der Waals surface area contributed by atoms with Gasteiger partial charge in [-0.3, -0.25) is 4.79 Å². The summed E-state index contributed by atoms with van der Waals surface area (Å²) in [5, 5.41) is 9.65. The van der Waals surface area contributed by atoms with E-state index in [0.717, 1.165) is 53.7 Å². The maximum Gasteiger partial charge on any atom is 0.306 e. The van der Waals surface area contributed by atoms with Gasteiger partial charge in [0.15, 0.2) is 0 Å². The van der Waals surface area contributed by atoms with E-state index >= 15 is 4.39 Å². The molecule has 1 unspecified atom stereocenters. The lowest BCUT2D eigenvalue weighted by Crippen LogP contribution is -2.20. The lowest BCUT2D eigenvalue weighted by molar-refractivity contribution is -0.142. The second-order valence-corrected chi connectivity index (χ2v) is 9.68. The molecule has 3 aromatic rings. The van der Waals surface area contributed by atoms with Gasteiger partial charge in [-0.1, -0.05) is 31.2 Å². The van der Waals surface area contributed by atoms with Crippen molar-refractivity contribution in [3.8, 4) is 22.8 Å². The third-order valence-electron chi connectivity index (χ3n) is 7.34. The molecule has 2 aromatic carbocycles. The Morgan fingerprint density at radius 2 is 1.91 bits per heavy atom. The summed E-state index contributed by atoms with van der Waals surface area (Å²) in [4.78, 5) is 15.9. The number of hydrogen-bond acceptors (Lipinski definition) is 4. The molecular weight excluding hydrogens is 445 g/mol. The number of halogens is 1. The van der Waals surface area contributed by atoms with Gasteiger partial charge in [-0.25, -0.2) is 9.37 Å². The predicted molar refractivity (Wildman–Crippen MR) is 131 cm³/mol. The van der Waals surface area contributed by atoms with Crippen LogP contribution < -0.4 is 9.47 Å². The Morgan fingerprint density at radius 3 is 2.63 bits per heavy atom. The van der Waals surface area contributed by atoms with Crippen LogP contribution in [0, 0.1) is 17.7 Å². The van der Waals surface area contributed by atoms with Crippen LogP contribution in [0.4, 0.5) is 4.39 Å². The van der Waals surface area contributed by atoms with Crippen LogP contribution in [0.2, 0.25) is 0 Å². The Morgan fingerprint density at radius 1 is 1.11 bits per heavy atom. The molecule has 0 radical (unpaired) electrons. The van der Waals surface area contributed by atoms with Crippen molar-refractivity contribution >= 4 is 5.97 Å². The first kappa shape index (κ1) is 23.3. The molecule has 182 valence electrons. The van der Waals surface area contributed by atoms with Crippen molar-refractivity contribution in [1.29, 1.82) is 0 Å². The number of fused-ring (bicyclic) bond motifs is 1. The highest BCUT2D eigenvalue weighted by molar-refractivity contribution is 5.71. The number of aromatic nitrogens is 1. The number of rotatable bonds is 7. The zero-order chi connectivity index (χ0) is 24.5. The first-order chi connectivity index (χ1) is 16.9. The highest BCUT2D eigenvalue weighted by Crippen LogP contribution is 2.48. The molecule has 2 heterocycles. The van der Waals surface area contributed by atoms with Crippen LogP contribution in [-0.4, -0.2) is 23.2 Å². The third-order valence-corrected chi connectivity index (χ3v) is 7.34. The van der Waals surface area contributed by atoms with E-state index in [4.69, 9.17) is 9.47 Å². The van der Waals surface area contributed by atoms with Crippen molar-refractivity contribution in [3.63, 3.8) is 0 Å². The van der Waals surface area contributed by atoms with E-state index in [0.29, 0.717) is 23.8 Å². The van der Waals surface area contributed by atoms with E-state index in [-0.39, 0.29) is 11.7 Å². The molecule has 2 aliphatic rings. The Hall–Kier alpha value is -3.41. The zero-order valence-electron chi connectivity index (χ0n) is 20.0. The van der Waals surface area contributed by atoms with Gasteiger partial charge in [-0.05, 0) is 84.4 Å². The van der Waals surface area contributed by atoms with Gasteiger partial charge in [0.2, 0.25) is 5.88 Å². The number of aryl methyl sites for hydroxylation is 1. The molecule has 35 heavy (non-hydrogen) atoms. The Kier molecular flexibility index (Phi) is 6.46. The minimum Gasteiger partial charge on any atom is -0.485 e. The average Bonchev–Trinajstić information content (AvgIpc) is 3.71. The van der Waals surface area contributed by atoms with Gasteiger partial charge < -0.3 is 14.6 Å². The topological polar surface area (TPSA) is 68.7 Å². The van der Waals surface area contributed by atoms with Crippen LogP contribution in [-0.2, 0) is 11.2 Å². The summed E-state index contributed by atoms with van der Waals surface area (Å²) < 4.78 is 26.9. The maximum absolute atomic E-state index is 15.3. The fourth-order valence-electron chi connectivity index (χ4n) is 5.25. The summed E-state index contributed by atoms with van der Waals surface area (Å²) >= 11 is 0. The summed E-state index contributed by atoms with van der Waals surface area (Å²) in [6.07, 6.45) is 5.81. The van der Waals surface area contributed by atoms with Crippen LogP contribution in [0.1, 0.15) is 61.3 Å². The molecule has 1 fully saturated rings. The van der Waals surface area contributed by atoms with Crippen molar-refractivity contribution < 1.29 is 23.8 Å². The molecule has 1 N–H and O–H groups in total. The Labute approximate surface area is 204 Å². The molecule has 6 heteroatoms. The van der Waals surface area contributed by atoms with Gasteiger partial charge in [-0.2, -0.15) is 0 Å². The maximum atomic E-state index is 15.3. The normalized spacial score (nSPS) is 19.1. The quantitative estimate of drug-likeness (QED) is 0.419. The van der Waals surface area contributed by atoms with E-state index in [2.05, 4.69) is 17.1 Å². The van der Waals surface area contributed by atoms with Gasteiger partial charge in [0.1, 0.15) is 17.7 Å². The molecule has 0 spiro atoms. The van der Waals surface area contributed by atoms with Crippen LogP contribution in [0.5, 0.6) is 11.6 Å². The van der Waals surface area contributed by atoms with Crippen molar-refractivity contribution in [1.82, 2.24) is 4.98 Å². The van der Waals surface area contributed by atoms with Gasteiger partial charge in [0, 0.05) is 17.8 Å². The summed E-state index contributed by atoms with van der Waals surface area (Å²) in [6.45, 7) is 1.79. The average molecular weight is 476 g/mol. The number of carbonyl (C=O) groups is 1. The lowest BCUT2D eigenvalue weighted by Gasteiger charge is -2.24. The molecule has 1 aliphatic carbocycles. The van der Waals surface area contributed by atoms with Crippen molar-refractivity contribution in [3.05, 3.63) is 77.2 Å². The standard InChI is InChI=1S/C29H30FNO4/c1-17(29(32)33)28(19-7-8-19)22-9-6-18-4-3-5-25(35-26(18)15-22)23-11-10-20(14-24(23)30)21-12-13-31-27(16-21)34-2/h6,9-17,19,25,28H,3-5,7-8H2,1-2H3,(H,32,33)/t17-,25?,28-/m0/s1. The van der Waals surface area contributed by atoms with Crippen LogP contribution in [0.3, 0.4) is 0 Å². The second kappa shape index (κ2) is 9.68. The van der Waals surface area contributed by atoms with Crippen LogP contribution >= 0.6 is 0 Å². The van der Waals surface area contributed by atoms with E-state index in [1.165, 1.54) is 6.07 Å². The number of benzene rings is 2. The number of carboxylic acids is 1.